The Labute approximate surface area is 158 Å². The van der Waals surface area contributed by atoms with Gasteiger partial charge in [0, 0.05) is 24.2 Å². The van der Waals surface area contributed by atoms with Crippen molar-refractivity contribution >= 4 is 32.8 Å². The second-order valence-electron chi connectivity index (χ2n) is 5.50. The number of carbonyl (C=O) groups is 1. The first-order valence-electron chi connectivity index (χ1n) is 7.73. The predicted molar refractivity (Wildman–Crippen MR) is 98.4 cm³/mol. The number of benzene rings is 1. The Morgan fingerprint density at radius 3 is 2.48 bits per heavy atom. The lowest BCUT2D eigenvalue weighted by Gasteiger charge is -2.15. The van der Waals surface area contributed by atoms with Crippen molar-refractivity contribution in [2.75, 3.05) is 6.54 Å². The largest absolute Gasteiger partial charge is 0.468 e. The Balaban J connectivity index is 1.79. The van der Waals surface area contributed by atoms with E-state index in [0.29, 0.717) is 0 Å². The number of rotatable bonds is 7. The molecule has 0 spiro atoms. The maximum atomic E-state index is 12.9. The van der Waals surface area contributed by atoms with E-state index in [0.717, 1.165) is 11.3 Å². The van der Waals surface area contributed by atoms with Gasteiger partial charge in [-0.15, -0.1) is 11.3 Å². The summed E-state index contributed by atoms with van der Waals surface area (Å²) in [6.45, 7) is -0.205. The molecule has 1 aromatic carbocycles. The molecule has 0 aliphatic carbocycles. The van der Waals surface area contributed by atoms with E-state index in [1.165, 1.54) is 42.7 Å². The summed E-state index contributed by atoms with van der Waals surface area (Å²) in [5, 5.41) is 13.8. The Kier molecular flexibility index (Phi) is 5.38. The van der Waals surface area contributed by atoms with E-state index >= 15 is 0 Å². The van der Waals surface area contributed by atoms with Crippen LogP contribution in [0.25, 0.3) is 0 Å². The third-order valence-corrected chi connectivity index (χ3v) is 7.29. The highest BCUT2D eigenvalue weighted by Gasteiger charge is 2.32. The fourth-order valence-corrected chi connectivity index (χ4v) is 5.22. The summed E-state index contributed by atoms with van der Waals surface area (Å²) in [6, 6.07) is 11.3. The lowest BCUT2D eigenvalue weighted by Crippen LogP contribution is -2.31. The van der Waals surface area contributed by atoms with E-state index in [9.17, 15) is 23.3 Å². The Morgan fingerprint density at radius 1 is 1.19 bits per heavy atom. The smallest absolute Gasteiger partial charge is 0.269 e. The number of sulfone groups is 1. The number of hydrogen-bond donors (Lipinski definition) is 1. The van der Waals surface area contributed by atoms with Crippen molar-refractivity contribution in [2.45, 2.75) is 9.46 Å². The van der Waals surface area contributed by atoms with Crippen LogP contribution in [0.4, 0.5) is 5.69 Å². The standard InChI is InChI=1S/C17H14N2O6S2/c20-17(12-5-7-13(8-6-12)19(21)22)18-11-15(14-3-1-9-25-14)27(23,24)16-4-2-10-26-16/h1-10,15H,11H2,(H,18,20)/t15-/m0/s1. The second-order valence-corrected chi connectivity index (χ2v) is 8.80. The van der Waals surface area contributed by atoms with Crippen LogP contribution >= 0.6 is 11.3 Å². The Morgan fingerprint density at radius 2 is 1.93 bits per heavy atom. The molecule has 0 saturated heterocycles. The van der Waals surface area contributed by atoms with Crippen LogP contribution in [0.3, 0.4) is 0 Å². The molecule has 1 N–H and O–H groups in total. The average molecular weight is 406 g/mol. The van der Waals surface area contributed by atoms with E-state index in [1.54, 1.807) is 17.5 Å². The first-order valence-corrected chi connectivity index (χ1v) is 10.2. The number of nitro benzene ring substituents is 1. The lowest BCUT2D eigenvalue weighted by atomic mass is 10.2. The Bertz CT molecular complexity index is 1030. The van der Waals surface area contributed by atoms with Crippen LogP contribution in [0.5, 0.6) is 0 Å². The topological polar surface area (TPSA) is 120 Å². The molecule has 27 heavy (non-hydrogen) atoms. The second kappa shape index (κ2) is 7.72. The molecule has 1 atom stereocenters. The number of nitro groups is 1. The number of furan rings is 1. The van der Waals surface area contributed by atoms with E-state index in [4.69, 9.17) is 4.42 Å². The number of nitrogens with one attached hydrogen (secondary N) is 1. The molecule has 0 aliphatic rings. The van der Waals surface area contributed by atoms with Crippen LogP contribution in [-0.2, 0) is 9.84 Å². The van der Waals surface area contributed by atoms with Gasteiger partial charge in [-0.1, -0.05) is 6.07 Å². The molecule has 0 radical (unpaired) electrons. The van der Waals surface area contributed by atoms with Crippen molar-refractivity contribution < 1.29 is 22.6 Å². The minimum atomic E-state index is -3.76. The quantitative estimate of drug-likeness (QED) is 0.475. The molecule has 3 rings (SSSR count). The zero-order valence-corrected chi connectivity index (χ0v) is 15.4. The molecule has 140 valence electrons. The van der Waals surface area contributed by atoms with Gasteiger partial charge in [-0.2, -0.15) is 0 Å². The minimum Gasteiger partial charge on any atom is -0.468 e. The molecule has 1 amide bonds. The summed E-state index contributed by atoms with van der Waals surface area (Å²) in [7, 11) is -3.76. The lowest BCUT2D eigenvalue weighted by molar-refractivity contribution is -0.384. The summed E-state index contributed by atoms with van der Waals surface area (Å²) in [5.74, 6) is -0.324. The molecule has 0 unspecified atom stereocenters. The molecule has 2 aromatic heterocycles. The van der Waals surface area contributed by atoms with Crippen LogP contribution in [-0.4, -0.2) is 25.8 Å². The third-order valence-electron chi connectivity index (χ3n) is 3.80. The highest BCUT2D eigenvalue weighted by atomic mass is 32.2. The van der Waals surface area contributed by atoms with Gasteiger partial charge in [0.1, 0.15) is 15.2 Å². The molecule has 0 fully saturated rings. The molecular formula is C17H14N2O6S2. The molecule has 0 aliphatic heterocycles. The van der Waals surface area contributed by atoms with E-state index in [1.807, 2.05) is 0 Å². The van der Waals surface area contributed by atoms with Gasteiger partial charge in [-0.3, -0.25) is 14.9 Å². The van der Waals surface area contributed by atoms with Crippen LogP contribution in [0.15, 0.2) is 68.8 Å². The van der Waals surface area contributed by atoms with E-state index in [2.05, 4.69) is 5.32 Å². The minimum absolute atomic E-state index is 0.139. The van der Waals surface area contributed by atoms with Crippen molar-refractivity contribution in [3.05, 3.63) is 81.6 Å². The first kappa shape index (κ1) is 18.8. The summed E-state index contributed by atoms with van der Waals surface area (Å²) >= 11 is 1.08. The van der Waals surface area contributed by atoms with Crippen molar-refractivity contribution in [2.24, 2.45) is 0 Å². The average Bonchev–Trinajstić information content (AvgIpc) is 3.36. The summed E-state index contributed by atoms with van der Waals surface area (Å²) < 4.78 is 31.2. The highest BCUT2D eigenvalue weighted by molar-refractivity contribution is 7.93. The van der Waals surface area contributed by atoms with Crippen LogP contribution in [0, 0.1) is 10.1 Å². The van der Waals surface area contributed by atoms with Crippen molar-refractivity contribution in [1.29, 1.82) is 0 Å². The number of nitrogens with zero attached hydrogens (tertiary/aromatic N) is 1. The summed E-state index contributed by atoms with van der Waals surface area (Å²) in [4.78, 5) is 22.4. The van der Waals surface area contributed by atoms with Gasteiger partial charge in [0.25, 0.3) is 11.6 Å². The maximum Gasteiger partial charge on any atom is 0.269 e. The number of thiophene rings is 1. The van der Waals surface area contributed by atoms with Gasteiger partial charge in [-0.25, -0.2) is 8.42 Å². The monoisotopic (exact) mass is 406 g/mol. The number of carbonyl (C=O) groups excluding carboxylic acids is 1. The molecule has 0 bridgehead atoms. The molecular weight excluding hydrogens is 392 g/mol. The van der Waals surface area contributed by atoms with Crippen molar-refractivity contribution in [3.63, 3.8) is 0 Å². The Hall–Kier alpha value is -2.98. The van der Waals surface area contributed by atoms with Crippen molar-refractivity contribution in [3.8, 4) is 0 Å². The molecule has 3 aromatic rings. The zero-order chi connectivity index (χ0) is 19.4. The number of hydrogen-bond acceptors (Lipinski definition) is 7. The van der Waals surface area contributed by atoms with Crippen molar-refractivity contribution in [1.82, 2.24) is 5.32 Å². The van der Waals surface area contributed by atoms with Crippen LogP contribution in [0.1, 0.15) is 21.4 Å². The van der Waals surface area contributed by atoms with E-state index in [-0.39, 0.29) is 27.8 Å². The predicted octanol–water partition coefficient (Wildman–Crippen LogP) is 3.19. The van der Waals surface area contributed by atoms with Crippen LogP contribution in [0.2, 0.25) is 0 Å². The summed E-state index contributed by atoms with van der Waals surface area (Å²) in [6.07, 6.45) is 1.37. The van der Waals surface area contributed by atoms with E-state index < -0.39 is 25.9 Å². The molecule has 8 nitrogen and oxygen atoms in total. The SMILES string of the molecule is O=C(NC[C@@H](c1ccco1)S(=O)(=O)c1cccs1)c1ccc([N+](=O)[O-])cc1. The summed E-state index contributed by atoms with van der Waals surface area (Å²) in [5.41, 5.74) is 0.0487. The van der Waals surface area contributed by atoms with Gasteiger partial charge in [0.15, 0.2) is 9.84 Å². The first-order chi connectivity index (χ1) is 12.9. The molecule has 10 heteroatoms. The molecule has 0 saturated carbocycles. The molecule has 2 heterocycles. The van der Waals surface area contributed by atoms with Crippen LogP contribution < -0.4 is 5.32 Å². The van der Waals surface area contributed by atoms with Gasteiger partial charge < -0.3 is 9.73 Å². The highest BCUT2D eigenvalue weighted by Crippen LogP contribution is 2.31. The van der Waals surface area contributed by atoms with Gasteiger partial charge >= 0.3 is 0 Å². The van der Waals surface area contributed by atoms with Gasteiger partial charge in [0.05, 0.1) is 11.2 Å². The number of amides is 1. The van der Waals surface area contributed by atoms with Gasteiger partial charge in [-0.05, 0) is 35.7 Å². The fraction of sp³-hybridized carbons (Fsp3) is 0.118. The third kappa shape index (κ3) is 4.07. The fourth-order valence-electron chi connectivity index (χ4n) is 2.43. The van der Waals surface area contributed by atoms with Gasteiger partial charge in [0.2, 0.25) is 0 Å². The number of non-ortho nitro benzene ring substituents is 1. The normalized spacial score (nSPS) is 12.4. The zero-order valence-electron chi connectivity index (χ0n) is 13.8. The maximum absolute atomic E-state index is 12.9.